The number of nitrogens with zero attached hydrogens (tertiary/aromatic N) is 3. The topological polar surface area (TPSA) is 175 Å². The molecule has 37 heavy (non-hydrogen) atoms. The molecule has 0 fully saturated rings. The minimum Gasteiger partial charge on any atom is -0.508 e. The summed E-state index contributed by atoms with van der Waals surface area (Å²) < 4.78 is 5.29. The first-order chi connectivity index (χ1) is 17.7. The molecule has 3 rings (SSSR count). The summed E-state index contributed by atoms with van der Waals surface area (Å²) in [5.41, 5.74) is 7.73. The van der Waals surface area contributed by atoms with Crippen molar-refractivity contribution in [3.63, 3.8) is 0 Å². The van der Waals surface area contributed by atoms with Gasteiger partial charge in [0, 0.05) is 13.0 Å². The number of nitrogens with one attached hydrogen (secondary N) is 1. The minimum atomic E-state index is -1.18. The molecular weight excluding hydrogens is 478 g/mol. The van der Waals surface area contributed by atoms with Crippen LogP contribution < -0.4 is 11.1 Å². The van der Waals surface area contributed by atoms with Crippen molar-refractivity contribution in [2.24, 2.45) is 5.73 Å². The van der Waals surface area contributed by atoms with E-state index in [-0.39, 0.29) is 36.2 Å². The van der Waals surface area contributed by atoms with Gasteiger partial charge in [0.2, 0.25) is 5.89 Å². The number of phenols is 2. The van der Waals surface area contributed by atoms with Gasteiger partial charge in [0.05, 0.1) is 6.04 Å². The molecule has 0 bridgehead atoms. The van der Waals surface area contributed by atoms with Gasteiger partial charge in [-0.1, -0.05) is 50.2 Å². The standard InChI is InChI=1S/C24H29N5O6.C2H6/c1-2-11-29(24(34)26-20(23(32)33)13-16-5-9-18(31)10-6-16)14-21-27-22(28-35-21)19(25)12-15-3-7-17(30)8-4-15;1-2/h3-10,19-20,30-31H,2,11-14,25H2,1H3,(H,26,34)(H,32,33);1-2H3. The fourth-order valence-corrected chi connectivity index (χ4v) is 3.45. The largest absolute Gasteiger partial charge is 0.508 e. The van der Waals surface area contributed by atoms with E-state index in [1.54, 1.807) is 36.4 Å². The molecule has 0 radical (unpaired) electrons. The van der Waals surface area contributed by atoms with Crippen LogP contribution in [-0.2, 0) is 24.2 Å². The average Bonchev–Trinajstić information content (AvgIpc) is 3.36. The van der Waals surface area contributed by atoms with Crippen LogP contribution in [0.2, 0.25) is 0 Å². The number of amides is 2. The molecule has 2 unspecified atom stereocenters. The van der Waals surface area contributed by atoms with E-state index >= 15 is 0 Å². The molecule has 11 nitrogen and oxygen atoms in total. The zero-order valence-corrected chi connectivity index (χ0v) is 21.3. The first-order valence-corrected chi connectivity index (χ1v) is 12.2. The number of aromatic nitrogens is 2. The van der Waals surface area contributed by atoms with Crippen LogP contribution in [0.15, 0.2) is 53.1 Å². The van der Waals surface area contributed by atoms with E-state index in [2.05, 4.69) is 15.5 Å². The summed E-state index contributed by atoms with van der Waals surface area (Å²) in [5, 5.41) is 34.9. The number of aromatic hydroxyl groups is 2. The second-order valence-corrected chi connectivity index (χ2v) is 8.16. The van der Waals surface area contributed by atoms with Crippen molar-refractivity contribution in [2.45, 2.75) is 58.7 Å². The van der Waals surface area contributed by atoms with Crippen molar-refractivity contribution in [1.82, 2.24) is 20.4 Å². The summed E-state index contributed by atoms with van der Waals surface area (Å²) in [6.07, 6.45) is 1.11. The third-order valence-electron chi connectivity index (χ3n) is 5.29. The van der Waals surface area contributed by atoms with Crippen LogP contribution in [0, 0.1) is 0 Å². The smallest absolute Gasteiger partial charge is 0.326 e. The summed E-state index contributed by atoms with van der Waals surface area (Å²) in [6.45, 7) is 6.22. The van der Waals surface area contributed by atoms with Gasteiger partial charge in [-0.3, -0.25) is 0 Å². The monoisotopic (exact) mass is 513 g/mol. The number of carbonyl (C=O) groups excluding carboxylic acids is 1. The lowest BCUT2D eigenvalue weighted by atomic mass is 10.1. The number of carboxylic acid groups (broad SMARTS) is 1. The second-order valence-electron chi connectivity index (χ2n) is 8.16. The molecule has 2 atom stereocenters. The molecule has 1 aromatic heterocycles. The van der Waals surface area contributed by atoms with Crippen molar-refractivity contribution in [3.05, 3.63) is 71.4 Å². The predicted molar refractivity (Wildman–Crippen MR) is 137 cm³/mol. The Hall–Kier alpha value is -4.12. The fraction of sp³-hybridized carbons (Fsp3) is 0.385. The third kappa shape index (κ3) is 9.12. The number of aliphatic carboxylic acids is 1. The van der Waals surface area contributed by atoms with Crippen LogP contribution in [0.4, 0.5) is 4.79 Å². The van der Waals surface area contributed by atoms with Crippen LogP contribution >= 0.6 is 0 Å². The highest BCUT2D eigenvalue weighted by atomic mass is 16.5. The van der Waals surface area contributed by atoms with Crippen LogP contribution in [0.5, 0.6) is 11.5 Å². The maximum Gasteiger partial charge on any atom is 0.326 e. The molecule has 200 valence electrons. The van der Waals surface area contributed by atoms with Crippen molar-refractivity contribution in [3.8, 4) is 11.5 Å². The van der Waals surface area contributed by atoms with E-state index in [0.717, 1.165) is 5.56 Å². The van der Waals surface area contributed by atoms with E-state index in [1.807, 2.05) is 20.8 Å². The number of benzene rings is 2. The van der Waals surface area contributed by atoms with Gasteiger partial charge in [0.25, 0.3) is 0 Å². The molecule has 0 aliphatic rings. The SMILES string of the molecule is CC.CCCN(Cc1nc(C(N)Cc2ccc(O)cc2)no1)C(=O)NC(Cc1ccc(O)cc1)C(=O)O. The summed E-state index contributed by atoms with van der Waals surface area (Å²) in [7, 11) is 0. The number of hydrogen-bond acceptors (Lipinski definition) is 8. The van der Waals surface area contributed by atoms with Crippen LogP contribution in [0.3, 0.4) is 0 Å². The summed E-state index contributed by atoms with van der Waals surface area (Å²) in [4.78, 5) is 30.3. The van der Waals surface area contributed by atoms with Gasteiger partial charge >= 0.3 is 12.0 Å². The predicted octanol–water partition coefficient (Wildman–Crippen LogP) is 3.37. The minimum absolute atomic E-state index is 0.00977. The quantitative estimate of drug-likeness (QED) is 0.257. The number of carboxylic acids is 1. The molecule has 0 spiro atoms. The number of urea groups is 1. The maximum atomic E-state index is 12.9. The Bertz CT molecular complexity index is 1120. The van der Waals surface area contributed by atoms with Gasteiger partial charge in [0.1, 0.15) is 24.1 Å². The Morgan fingerprint density at radius 1 is 1.00 bits per heavy atom. The van der Waals surface area contributed by atoms with Crippen LogP contribution in [-0.4, -0.2) is 54.9 Å². The van der Waals surface area contributed by atoms with E-state index in [1.165, 1.54) is 17.0 Å². The van der Waals surface area contributed by atoms with Gasteiger partial charge in [-0.05, 0) is 48.2 Å². The molecule has 6 N–H and O–H groups in total. The summed E-state index contributed by atoms with van der Waals surface area (Å²) in [5.74, 6) is -0.494. The first kappa shape index (κ1) is 29.1. The maximum absolute atomic E-state index is 12.9. The van der Waals surface area contributed by atoms with Gasteiger partial charge in [-0.15, -0.1) is 0 Å². The normalized spacial score (nSPS) is 12.1. The zero-order valence-electron chi connectivity index (χ0n) is 21.3. The number of phenolic OH excluding ortho intramolecular Hbond substituents is 2. The molecular formula is C26H35N5O6. The zero-order chi connectivity index (χ0) is 27.4. The number of hydrogen-bond donors (Lipinski definition) is 5. The van der Waals surface area contributed by atoms with Crippen molar-refractivity contribution >= 4 is 12.0 Å². The lowest BCUT2D eigenvalue weighted by Gasteiger charge is -2.23. The van der Waals surface area contributed by atoms with Crippen LogP contribution in [0.1, 0.15) is 56.1 Å². The first-order valence-electron chi connectivity index (χ1n) is 12.2. The molecule has 11 heteroatoms. The van der Waals surface area contributed by atoms with E-state index in [4.69, 9.17) is 10.3 Å². The Kier molecular flexibility index (Phi) is 11.4. The Labute approximate surface area is 215 Å². The third-order valence-corrected chi connectivity index (χ3v) is 5.29. The molecule has 0 saturated carbocycles. The Morgan fingerprint density at radius 3 is 2.05 bits per heavy atom. The molecule has 0 aliphatic carbocycles. The number of carbonyl (C=O) groups is 2. The number of rotatable bonds is 11. The second kappa shape index (κ2) is 14.4. The van der Waals surface area contributed by atoms with Gasteiger partial charge in [0.15, 0.2) is 5.82 Å². The van der Waals surface area contributed by atoms with Crippen molar-refractivity contribution < 1.29 is 29.4 Å². The average molecular weight is 514 g/mol. The molecule has 0 aliphatic heterocycles. The molecule has 2 aromatic carbocycles. The van der Waals surface area contributed by atoms with Crippen molar-refractivity contribution in [1.29, 1.82) is 0 Å². The van der Waals surface area contributed by atoms with Gasteiger partial charge in [-0.2, -0.15) is 4.98 Å². The van der Waals surface area contributed by atoms with E-state index in [9.17, 15) is 24.9 Å². The van der Waals surface area contributed by atoms with E-state index in [0.29, 0.717) is 24.9 Å². The Balaban J connectivity index is 0.00000235. The highest BCUT2D eigenvalue weighted by Crippen LogP contribution is 2.17. The van der Waals surface area contributed by atoms with Gasteiger partial charge in [-0.25, -0.2) is 9.59 Å². The number of nitrogens with two attached hydrogens (primary N) is 1. The molecule has 2 amide bonds. The lowest BCUT2D eigenvalue weighted by molar-refractivity contribution is -0.139. The molecule has 0 saturated heterocycles. The van der Waals surface area contributed by atoms with E-state index < -0.39 is 24.1 Å². The van der Waals surface area contributed by atoms with Gasteiger partial charge < -0.3 is 35.8 Å². The van der Waals surface area contributed by atoms with Crippen molar-refractivity contribution in [2.75, 3.05) is 6.54 Å². The molecule has 1 heterocycles. The highest BCUT2D eigenvalue weighted by Gasteiger charge is 2.25. The summed E-state index contributed by atoms with van der Waals surface area (Å²) >= 11 is 0. The lowest BCUT2D eigenvalue weighted by Crippen LogP contribution is -2.48. The van der Waals surface area contributed by atoms with Crippen LogP contribution in [0.25, 0.3) is 0 Å². The highest BCUT2D eigenvalue weighted by molar-refractivity contribution is 5.82. The summed E-state index contributed by atoms with van der Waals surface area (Å²) in [6, 6.07) is 10.5. The Morgan fingerprint density at radius 2 is 1.54 bits per heavy atom. The molecule has 3 aromatic rings. The fourth-order valence-electron chi connectivity index (χ4n) is 3.45.